The number of nitrogens with one attached hydrogen (secondary N) is 1. The summed E-state index contributed by atoms with van der Waals surface area (Å²) in [4.78, 5) is 13.4. The molecule has 0 saturated carbocycles. The molecule has 0 spiro atoms. The van der Waals surface area contributed by atoms with Crippen molar-refractivity contribution in [2.24, 2.45) is 0 Å². The summed E-state index contributed by atoms with van der Waals surface area (Å²) >= 11 is 0. The van der Waals surface area contributed by atoms with Gasteiger partial charge in [-0.2, -0.15) is 5.10 Å². The maximum absolute atomic E-state index is 15.0. The van der Waals surface area contributed by atoms with Gasteiger partial charge in [0.15, 0.2) is 9.84 Å². The standard InChI is InChI=1S/C28H22FN3O3S/c1-18-15-26(32(31-18)25-17-21-8-4-3-7-20(21)16-24(25)29)28(33)30-22-13-11-19(12-14-22)23-9-5-6-10-27(23)36(2,34)35/h3-17H,1-2H3,(H,30,33). The Hall–Kier alpha value is -4.30. The number of halogens is 1. The van der Waals surface area contributed by atoms with Crippen LogP contribution in [0.3, 0.4) is 0 Å². The molecule has 1 aromatic heterocycles. The average molecular weight is 500 g/mol. The van der Waals surface area contributed by atoms with Crippen LogP contribution in [0.15, 0.2) is 95.9 Å². The van der Waals surface area contributed by atoms with Gasteiger partial charge in [-0.1, -0.05) is 54.6 Å². The average Bonchev–Trinajstić information content (AvgIpc) is 3.25. The summed E-state index contributed by atoms with van der Waals surface area (Å²) in [6, 6.07) is 25.7. The van der Waals surface area contributed by atoms with Crippen molar-refractivity contribution in [1.82, 2.24) is 9.78 Å². The Labute approximate surface area is 207 Å². The van der Waals surface area contributed by atoms with Crippen molar-refractivity contribution in [2.45, 2.75) is 11.8 Å². The number of benzene rings is 4. The molecule has 180 valence electrons. The number of aromatic nitrogens is 2. The lowest BCUT2D eigenvalue weighted by molar-refractivity contribution is 0.101. The van der Waals surface area contributed by atoms with E-state index in [4.69, 9.17) is 0 Å². The second-order valence-electron chi connectivity index (χ2n) is 8.53. The van der Waals surface area contributed by atoms with Gasteiger partial charge in [-0.3, -0.25) is 4.79 Å². The molecule has 5 rings (SSSR count). The number of hydrogen-bond acceptors (Lipinski definition) is 4. The molecule has 8 heteroatoms. The summed E-state index contributed by atoms with van der Waals surface area (Å²) in [5.74, 6) is -0.938. The molecule has 0 unspecified atom stereocenters. The van der Waals surface area contributed by atoms with Gasteiger partial charge < -0.3 is 5.32 Å². The molecule has 1 amide bonds. The van der Waals surface area contributed by atoms with Crippen molar-refractivity contribution in [2.75, 3.05) is 11.6 Å². The van der Waals surface area contributed by atoms with E-state index >= 15 is 0 Å². The second-order valence-corrected chi connectivity index (χ2v) is 10.5. The minimum atomic E-state index is -3.40. The molecule has 0 aliphatic rings. The maximum Gasteiger partial charge on any atom is 0.274 e. The molecule has 0 radical (unpaired) electrons. The third-order valence-corrected chi connectivity index (χ3v) is 7.00. The highest BCUT2D eigenvalue weighted by molar-refractivity contribution is 7.90. The van der Waals surface area contributed by atoms with E-state index < -0.39 is 21.6 Å². The van der Waals surface area contributed by atoms with Gasteiger partial charge in [0.2, 0.25) is 0 Å². The molecule has 1 heterocycles. The molecule has 0 atom stereocenters. The van der Waals surface area contributed by atoms with Crippen molar-refractivity contribution in [3.63, 3.8) is 0 Å². The van der Waals surface area contributed by atoms with Crippen LogP contribution >= 0.6 is 0 Å². The number of hydrogen-bond donors (Lipinski definition) is 1. The van der Waals surface area contributed by atoms with Crippen LogP contribution in [0.1, 0.15) is 16.2 Å². The number of amides is 1. The first-order valence-electron chi connectivity index (χ1n) is 11.2. The number of carbonyl (C=O) groups is 1. The second kappa shape index (κ2) is 9.05. The molecular formula is C28H22FN3O3S. The first-order valence-corrected chi connectivity index (χ1v) is 13.1. The lowest BCUT2D eigenvalue weighted by atomic mass is 10.1. The molecule has 0 bridgehead atoms. The number of aryl methyl sites for hydroxylation is 1. The van der Waals surface area contributed by atoms with Crippen LogP contribution in [0, 0.1) is 12.7 Å². The van der Waals surface area contributed by atoms with E-state index in [1.54, 1.807) is 67.6 Å². The molecule has 1 N–H and O–H groups in total. The Balaban J connectivity index is 1.45. The van der Waals surface area contributed by atoms with E-state index in [1.807, 2.05) is 24.3 Å². The van der Waals surface area contributed by atoms with E-state index in [0.717, 1.165) is 10.8 Å². The van der Waals surface area contributed by atoms with Gasteiger partial charge in [0.05, 0.1) is 10.6 Å². The molecule has 5 aromatic rings. The van der Waals surface area contributed by atoms with Crippen LogP contribution in [-0.2, 0) is 9.84 Å². The zero-order valence-corrected chi connectivity index (χ0v) is 20.4. The van der Waals surface area contributed by atoms with Gasteiger partial charge in [-0.25, -0.2) is 17.5 Å². The van der Waals surface area contributed by atoms with Crippen LogP contribution < -0.4 is 5.32 Å². The van der Waals surface area contributed by atoms with Gasteiger partial charge in [0.25, 0.3) is 5.91 Å². The number of nitrogens with zero attached hydrogens (tertiary/aromatic N) is 2. The van der Waals surface area contributed by atoms with Gasteiger partial charge in [0.1, 0.15) is 17.2 Å². The van der Waals surface area contributed by atoms with Gasteiger partial charge >= 0.3 is 0 Å². The van der Waals surface area contributed by atoms with Crippen molar-refractivity contribution < 1.29 is 17.6 Å². The third-order valence-electron chi connectivity index (χ3n) is 5.85. The Morgan fingerprint density at radius 3 is 2.22 bits per heavy atom. The highest BCUT2D eigenvalue weighted by atomic mass is 32.2. The Morgan fingerprint density at radius 1 is 0.889 bits per heavy atom. The number of anilines is 1. The molecule has 6 nitrogen and oxygen atoms in total. The number of sulfone groups is 1. The normalized spacial score (nSPS) is 11.5. The summed E-state index contributed by atoms with van der Waals surface area (Å²) in [6.45, 7) is 1.74. The monoisotopic (exact) mass is 499 g/mol. The minimum Gasteiger partial charge on any atom is -0.321 e. The number of carbonyl (C=O) groups excluding carboxylic acids is 1. The molecule has 4 aromatic carbocycles. The molecule has 0 aliphatic heterocycles. The Kier molecular flexibility index (Phi) is 5.89. The van der Waals surface area contributed by atoms with Crippen molar-refractivity contribution >= 4 is 32.2 Å². The molecule has 0 saturated heterocycles. The van der Waals surface area contributed by atoms with E-state index in [9.17, 15) is 17.6 Å². The lowest BCUT2D eigenvalue weighted by Crippen LogP contribution is -2.17. The fraction of sp³-hybridized carbons (Fsp3) is 0.0714. The van der Waals surface area contributed by atoms with Gasteiger partial charge in [0, 0.05) is 17.5 Å². The van der Waals surface area contributed by atoms with Crippen LogP contribution in [0.4, 0.5) is 10.1 Å². The Morgan fingerprint density at radius 2 is 1.53 bits per heavy atom. The van der Waals surface area contributed by atoms with Crippen molar-refractivity contribution in [1.29, 1.82) is 0 Å². The maximum atomic E-state index is 15.0. The van der Waals surface area contributed by atoms with Crippen LogP contribution in [-0.4, -0.2) is 30.4 Å². The first-order chi connectivity index (χ1) is 17.2. The number of rotatable bonds is 5. The summed E-state index contributed by atoms with van der Waals surface area (Å²) in [5.41, 5.74) is 2.73. The predicted molar refractivity (Wildman–Crippen MR) is 139 cm³/mol. The molecule has 0 fully saturated rings. The first kappa shape index (κ1) is 23.4. The van der Waals surface area contributed by atoms with Gasteiger partial charge in [-0.15, -0.1) is 0 Å². The minimum absolute atomic E-state index is 0.180. The SMILES string of the molecule is Cc1cc(C(=O)Nc2ccc(-c3ccccc3S(C)(=O)=O)cc2)n(-c2cc3ccccc3cc2F)n1. The third kappa shape index (κ3) is 4.50. The molecule has 36 heavy (non-hydrogen) atoms. The summed E-state index contributed by atoms with van der Waals surface area (Å²) in [7, 11) is -3.40. The smallest absolute Gasteiger partial charge is 0.274 e. The summed E-state index contributed by atoms with van der Waals surface area (Å²) < 4.78 is 40.6. The van der Waals surface area contributed by atoms with E-state index in [1.165, 1.54) is 17.0 Å². The van der Waals surface area contributed by atoms with Crippen LogP contribution in [0.2, 0.25) is 0 Å². The van der Waals surface area contributed by atoms with Crippen LogP contribution in [0.5, 0.6) is 0 Å². The zero-order chi connectivity index (χ0) is 25.4. The van der Waals surface area contributed by atoms with Crippen molar-refractivity contribution in [3.05, 3.63) is 108 Å². The highest BCUT2D eigenvalue weighted by Crippen LogP contribution is 2.29. The fourth-order valence-corrected chi connectivity index (χ4v) is 5.08. The topological polar surface area (TPSA) is 81.1 Å². The van der Waals surface area contributed by atoms with E-state index in [0.29, 0.717) is 22.5 Å². The summed E-state index contributed by atoms with van der Waals surface area (Å²) in [5, 5.41) is 8.77. The molecular weight excluding hydrogens is 477 g/mol. The summed E-state index contributed by atoms with van der Waals surface area (Å²) in [6.07, 6.45) is 1.17. The molecule has 0 aliphatic carbocycles. The van der Waals surface area contributed by atoms with E-state index in [2.05, 4.69) is 10.4 Å². The quantitative estimate of drug-likeness (QED) is 0.332. The zero-order valence-electron chi connectivity index (χ0n) is 19.6. The van der Waals surface area contributed by atoms with Gasteiger partial charge in [-0.05, 0) is 59.7 Å². The lowest BCUT2D eigenvalue weighted by Gasteiger charge is -2.12. The van der Waals surface area contributed by atoms with Crippen LogP contribution in [0.25, 0.3) is 27.6 Å². The predicted octanol–water partition coefficient (Wildman–Crippen LogP) is 5.80. The fourth-order valence-electron chi connectivity index (χ4n) is 4.16. The number of fused-ring (bicyclic) bond motifs is 1. The Bertz CT molecular complexity index is 1730. The largest absolute Gasteiger partial charge is 0.321 e. The van der Waals surface area contributed by atoms with E-state index in [-0.39, 0.29) is 16.3 Å². The van der Waals surface area contributed by atoms with Crippen molar-refractivity contribution in [3.8, 4) is 16.8 Å². The highest BCUT2D eigenvalue weighted by Gasteiger charge is 2.19.